The summed E-state index contributed by atoms with van der Waals surface area (Å²) in [5, 5.41) is 12.8. The van der Waals surface area contributed by atoms with Crippen molar-refractivity contribution in [2.24, 2.45) is 5.41 Å². The van der Waals surface area contributed by atoms with Gasteiger partial charge in [-0.3, -0.25) is 19.3 Å². The number of carbonyl (C=O) groups excluding carboxylic acids is 3. The number of anilines is 3. The summed E-state index contributed by atoms with van der Waals surface area (Å²) in [5.41, 5.74) is 0.919. The van der Waals surface area contributed by atoms with Crippen LogP contribution in [0.25, 0.3) is 0 Å². The molecule has 2 N–H and O–H groups in total. The predicted octanol–water partition coefficient (Wildman–Crippen LogP) is 3.31. The lowest BCUT2D eigenvalue weighted by atomic mass is 9.83. The van der Waals surface area contributed by atoms with Crippen LogP contribution in [0.3, 0.4) is 0 Å². The van der Waals surface area contributed by atoms with E-state index < -0.39 is 20.7 Å². The Hall–Kier alpha value is -3.20. The maximum atomic E-state index is 13.3. The van der Waals surface area contributed by atoms with E-state index in [1.165, 1.54) is 24.0 Å². The van der Waals surface area contributed by atoms with E-state index in [4.69, 9.17) is 0 Å². The van der Waals surface area contributed by atoms with Gasteiger partial charge in [-0.2, -0.15) is 0 Å². The molecule has 2 aromatic carbocycles. The van der Waals surface area contributed by atoms with Gasteiger partial charge in [0.05, 0.1) is 34.0 Å². The van der Waals surface area contributed by atoms with Crippen LogP contribution in [-0.2, 0) is 24.8 Å². The zero-order valence-electron chi connectivity index (χ0n) is 18.9. The highest BCUT2D eigenvalue weighted by Gasteiger charge is 2.47. The molecule has 0 bridgehead atoms. The van der Waals surface area contributed by atoms with Crippen LogP contribution in [0.4, 0.5) is 17.1 Å². The van der Waals surface area contributed by atoms with Crippen LogP contribution in [0.5, 0.6) is 5.75 Å². The van der Waals surface area contributed by atoms with E-state index in [0.29, 0.717) is 22.5 Å². The highest BCUT2D eigenvalue weighted by Crippen LogP contribution is 2.47. The molecule has 174 valence electrons. The number of fused-ring (bicyclic) bond motifs is 1. The number of hydrogen-bond acceptors (Lipinski definition) is 6. The second-order valence-electron chi connectivity index (χ2n) is 9.82. The average molecular weight is 471 g/mol. The number of nitrogens with one attached hydrogen (secondary N) is 1. The van der Waals surface area contributed by atoms with Gasteiger partial charge in [-0.25, -0.2) is 8.42 Å². The average Bonchev–Trinajstić information content (AvgIpc) is 2.87. The summed E-state index contributed by atoms with van der Waals surface area (Å²) < 4.78 is 23.1. The van der Waals surface area contributed by atoms with E-state index in [0.717, 1.165) is 0 Å². The Bertz CT molecular complexity index is 1300. The monoisotopic (exact) mass is 470 g/mol. The fraction of sp³-hybridized carbons (Fsp3) is 0.375. The first kappa shape index (κ1) is 23.0. The molecule has 2 aromatic rings. The first-order chi connectivity index (χ1) is 15.2. The molecule has 8 nitrogen and oxygen atoms in total. The Labute approximate surface area is 192 Å². The zero-order chi connectivity index (χ0) is 24.3. The third kappa shape index (κ3) is 4.01. The standard InChI is InChI=1S/C24H26N2O6S/c1-14(27)25-18-7-6-16(10-20(18)28)26-19-8-5-15(9-17(19)23(2,3)22(26)30)21(29)11-24(4)12-33(31,32)13-24/h5-10,28H,11-13H2,1-4H3,(H,25,27). The van der Waals surface area contributed by atoms with E-state index in [1.807, 2.05) is 0 Å². The molecular weight excluding hydrogens is 444 g/mol. The van der Waals surface area contributed by atoms with Crippen molar-refractivity contribution in [3.05, 3.63) is 47.5 Å². The number of nitrogens with zero attached hydrogens (tertiary/aromatic N) is 1. The molecule has 9 heteroatoms. The molecule has 4 rings (SSSR count). The molecule has 2 heterocycles. The van der Waals surface area contributed by atoms with E-state index in [9.17, 15) is 27.9 Å². The normalized spacial score (nSPS) is 19.5. The highest BCUT2D eigenvalue weighted by atomic mass is 32.2. The summed E-state index contributed by atoms with van der Waals surface area (Å²) in [6.45, 7) is 6.67. The van der Waals surface area contributed by atoms with Crippen LogP contribution < -0.4 is 10.2 Å². The second kappa shape index (κ2) is 7.41. The van der Waals surface area contributed by atoms with Gasteiger partial charge in [-0.15, -0.1) is 0 Å². The van der Waals surface area contributed by atoms with Gasteiger partial charge in [-0.05, 0) is 49.7 Å². The molecule has 2 aliphatic heterocycles. The molecular formula is C24H26N2O6S. The largest absolute Gasteiger partial charge is 0.506 e. The number of sulfone groups is 1. The highest BCUT2D eigenvalue weighted by molar-refractivity contribution is 7.92. The zero-order valence-corrected chi connectivity index (χ0v) is 19.7. The number of carbonyl (C=O) groups is 3. The number of benzene rings is 2. The Kier molecular flexibility index (Phi) is 5.16. The number of hydrogen-bond donors (Lipinski definition) is 2. The molecule has 0 atom stereocenters. The SMILES string of the molecule is CC(=O)Nc1ccc(N2C(=O)C(C)(C)c3cc(C(=O)CC4(C)CS(=O)(=O)C4)ccc32)cc1O. The Morgan fingerprint density at radius 3 is 2.33 bits per heavy atom. The maximum Gasteiger partial charge on any atom is 0.241 e. The van der Waals surface area contributed by atoms with Gasteiger partial charge in [0.1, 0.15) is 5.75 Å². The summed E-state index contributed by atoms with van der Waals surface area (Å²) in [6.07, 6.45) is 0.127. The lowest BCUT2D eigenvalue weighted by Gasteiger charge is -2.37. The van der Waals surface area contributed by atoms with Crippen molar-refractivity contribution in [2.45, 2.75) is 39.5 Å². The minimum absolute atomic E-state index is 0.00636. The Balaban J connectivity index is 1.66. The molecule has 0 unspecified atom stereocenters. The number of rotatable bonds is 5. The summed E-state index contributed by atoms with van der Waals surface area (Å²) in [7, 11) is -3.05. The van der Waals surface area contributed by atoms with Gasteiger partial charge >= 0.3 is 0 Å². The molecule has 0 saturated carbocycles. The molecule has 0 aromatic heterocycles. The number of phenols is 1. The lowest BCUT2D eigenvalue weighted by molar-refractivity contribution is -0.121. The number of aromatic hydroxyl groups is 1. The third-order valence-electron chi connectivity index (χ3n) is 6.24. The van der Waals surface area contributed by atoms with E-state index >= 15 is 0 Å². The summed E-state index contributed by atoms with van der Waals surface area (Å²) in [4.78, 5) is 39.0. The number of amides is 2. The topological polar surface area (TPSA) is 121 Å². The molecule has 1 saturated heterocycles. The molecule has 0 radical (unpaired) electrons. The van der Waals surface area contributed by atoms with Crippen LogP contribution in [0.15, 0.2) is 36.4 Å². The number of phenolic OH excluding ortho intramolecular Hbond substituents is 1. The van der Waals surface area contributed by atoms with E-state index in [2.05, 4.69) is 5.32 Å². The molecule has 1 fully saturated rings. The van der Waals surface area contributed by atoms with Gasteiger partial charge in [0.2, 0.25) is 11.8 Å². The molecule has 2 amide bonds. The third-order valence-corrected chi connectivity index (χ3v) is 8.52. The minimum atomic E-state index is -3.05. The maximum absolute atomic E-state index is 13.3. The van der Waals surface area contributed by atoms with E-state index in [1.54, 1.807) is 45.0 Å². The quantitative estimate of drug-likeness (QED) is 0.511. The van der Waals surface area contributed by atoms with Crippen LogP contribution in [0.1, 0.15) is 50.0 Å². The first-order valence-corrected chi connectivity index (χ1v) is 12.4. The summed E-state index contributed by atoms with van der Waals surface area (Å²) in [5.74, 6) is -0.858. The van der Waals surface area contributed by atoms with Crippen molar-refractivity contribution < 1.29 is 27.9 Å². The van der Waals surface area contributed by atoms with Crippen molar-refractivity contribution in [1.29, 1.82) is 0 Å². The summed E-state index contributed by atoms with van der Waals surface area (Å²) >= 11 is 0. The van der Waals surface area contributed by atoms with Crippen molar-refractivity contribution in [3.63, 3.8) is 0 Å². The van der Waals surface area contributed by atoms with Crippen LogP contribution in [0, 0.1) is 5.41 Å². The first-order valence-electron chi connectivity index (χ1n) is 10.6. The molecule has 33 heavy (non-hydrogen) atoms. The minimum Gasteiger partial charge on any atom is -0.506 e. The van der Waals surface area contributed by atoms with Gasteiger partial charge in [0.25, 0.3) is 0 Å². The van der Waals surface area contributed by atoms with Gasteiger partial charge in [0.15, 0.2) is 15.6 Å². The van der Waals surface area contributed by atoms with Gasteiger partial charge in [0, 0.05) is 30.4 Å². The summed E-state index contributed by atoms with van der Waals surface area (Å²) in [6, 6.07) is 9.61. The fourth-order valence-corrected chi connectivity index (χ4v) is 6.97. The lowest BCUT2D eigenvalue weighted by Crippen LogP contribution is -2.47. The second-order valence-corrected chi connectivity index (χ2v) is 11.9. The smallest absolute Gasteiger partial charge is 0.241 e. The van der Waals surface area contributed by atoms with Crippen LogP contribution in [0.2, 0.25) is 0 Å². The van der Waals surface area contributed by atoms with Crippen molar-refractivity contribution in [1.82, 2.24) is 0 Å². The fourth-order valence-electron chi connectivity index (χ4n) is 4.73. The number of ketones is 1. The van der Waals surface area contributed by atoms with Crippen molar-refractivity contribution >= 4 is 44.5 Å². The predicted molar refractivity (Wildman–Crippen MR) is 125 cm³/mol. The molecule has 0 aliphatic carbocycles. The van der Waals surface area contributed by atoms with Gasteiger partial charge in [-0.1, -0.05) is 6.92 Å². The van der Waals surface area contributed by atoms with Gasteiger partial charge < -0.3 is 10.4 Å². The van der Waals surface area contributed by atoms with Crippen molar-refractivity contribution in [2.75, 3.05) is 21.7 Å². The van der Waals surface area contributed by atoms with Crippen LogP contribution >= 0.6 is 0 Å². The van der Waals surface area contributed by atoms with E-state index in [-0.39, 0.29) is 47.0 Å². The Morgan fingerprint density at radius 2 is 1.76 bits per heavy atom. The Morgan fingerprint density at radius 1 is 1.09 bits per heavy atom. The van der Waals surface area contributed by atoms with Crippen molar-refractivity contribution in [3.8, 4) is 5.75 Å². The molecule has 2 aliphatic rings. The number of Topliss-reactive ketones (excluding diaryl/α,β-unsaturated/α-hetero) is 1. The van der Waals surface area contributed by atoms with Crippen LogP contribution in [-0.4, -0.2) is 42.6 Å². The molecule has 0 spiro atoms.